The molecule has 0 aliphatic carbocycles. The lowest BCUT2D eigenvalue weighted by atomic mass is 9.94. The van der Waals surface area contributed by atoms with Gasteiger partial charge in [-0.1, -0.05) is 20.8 Å². The molecular weight excluding hydrogens is 403 g/mol. The van der Waals surface area contributed by atoms with E-state index in [2.05, 4.69) is 36.0 Å². The predicted octanol–water partition coefficient (Wildman–Crippen LogP) is 2.69. The number of piperidine rings is 1. The number of hydrogen-bond donors (Lipinski definition) is 2. The van der Waals surface area contributed by atoms with Gasteiger partial charge in [0.15, 0.2) is 5.96 Å². The number of nitrogens with two attached hydrogens (primary N) is 1. The standard InChI is InChI=1S/C17H36N4O.HI/c1-5-22-12-6-9-19-17(18)20-13-16(14(2)3)21-10-7-15(4)8-11-21;/h14-16H,5-13H2,1-4H3,(H3,18,19,20);1H. The van der Waals surface area contributed by atoms with Crippen LogP contribution in [0.2, 0.25) is 0 Å². The third-order valence-corrected chi connectivity index (χ3v) is 4.48. The van der Waals surface area contributed by atoms with Crippen molar-refractivity contribution in [1.29, 1.82) is 0 Å². The second kappa shape index (κ2) is 13.2. The van der Waals surface area contributed by atoms with Gasteiger partial charge in [0.25, 0.3) is 0 Å². The molecule has 6 heteroatoms. The zero-order valence-corrected chi connectivity index (χ0v) is 17.7. The van der Waals surface area contributed by atoms with Crippen LogP contribution in [0, 0.1) is 11.8 Å². The maximum absolute atomic E-state index is 5.97. The summed E-state index contributed by atoms with van der Waals surface area (Å²) in [6, 6.07) is 0.497. The third kappa shape index (κ3) is 9.72. The van der Waals surface area contributed by atoms with Crippen LogP contribution in [0.3, 0.4) is 0 Å². The molecule has 1 atom stereocenters. The molecule has 1 heterocycles. The van der Waals surface area contributed by atoms with E-state index in [0.717, 1.165) is 38.6 Å². The van der Waals surface area contributed by atoms with Crippen molar-refractivity contribution in [3.63, 3.8) is 0 Å². The van der Waals surface area contributed by atoms with Crippen LogP contribution in [0.15, 0.2) is 4.99 Å². The number of guanidine groups is 1. The quantitative estimate of drug-likeness (QED) is 0.251. The highest BCUT2D eigenvalue weighted by Crippen LogP contribution is 2.21. The summed E-state index contributed by atoms with van der Waals surface area (Å²) in [5, 5.41) is 3.18. The minimum atomic E-state index is 0. The van der Waals surface area contributed by atoms with Crippen molar-refractivity contribution in [2.45, 2.75) is 53.0 Å². The van der Waals surface area contributed by atoms with Crippen molar-refractivity contribution in [3.8, 4) is 0 Å². The van der Waals surface area contributed by atoms with Crippen molar-refractivity contribution >= 4 is 29.9 Å². The monoisotopic (exact) mass is 440 g/mol. The molecule has 1 saturated heterocycles. The number of ether oxygens (including phenoxy) is 1. The Labute approximate surface area is 159 Å². The van der Waals surface area contributed by atoms with E-state index in [9.17, 15) is 0 Å². The number of likely N-dealkylation sites (tertiary alicyclic amines) is 1. The summed E-state index contributed by atoms with van der Waals surface area (Å²) in [4.78, 5) is 7.15. The lowest BCUT2D eigenvalue weighted by molar-refractivity contribution is 0.113. The molecule has 23 heavy (non-hydrogen) atoms. The molecule has 0 aromatic rings. The maximum Gasteiger partial charge on any atom is 0.188 e. The smallest absolute Gasteiger partial charge is 0.188 e. The fourth-order valence-corrected chi connectivity index (χ4v) is 2.89. The van der Waals surface area contributed by atoms with Gasteiger partial charge in [0, 0.05) is 25.8 Å². The van der Waals surface area contributed by atoms with Gasteiger partial charge in [-0.15, -0.1) is 24.0 Å². The van der Waals surface area contributed by atoms with Gasteiger partial charge in [0.1, 0.15) is 0 Å². The zero-order chi connectivity index (χ0) is 16.4. The first-order chi connectivity index (χ1) is 10.5. The summed E-state index contributed by atoms with van der Waals surface area (Å²) in [6.07, 6.45) is 3.57. The Balaban J connectivity index is 0.00000484. The minimum absolute atomic E-state index is 0. The highest BCUT2D eigenvalue weighted by Gasteiger charge is 2.25. The van der Waals surface area contributed by atoms with Gasteiger partial charge in [-0.2, -0.15) is 0 Å². The maximum atomic E-state index is 5.97. The second-order valence-electron chi connectivity index (χ2n) is 6.73. The fraction of sp³-hybridized carbons (Fsp3) is 0.941. The summed E-state index contributed by atoms with van der Waals surface area (Å²) >= 11 is 0. The van der Waals surface area contributed by atoms with Crippen LogP contribution >= 0.6 is 24.0 Å². The van der Waals surface area contributed by atoms with Crippen LogP contribution in [0.25, 0.3) is 0 Å². The summed E-state index contributed by atoms with van der Waals surface area (Å²) in [7, 11) is 0. The largest absolute Gasteiger partial charge is 0.382 e. The topological polar surface area (TPSA) is 62.9 Å². The average molecular weight is 440 g/mol. The van der Waals surface area contributed by atoms with Crippen molar-refractivity contribution in [1.82, 2.24) is 10.2 Å². The van der Waals surface area contributed by atoms with E-state index >= 15 is 0 Å². The lowest BCUT2D eigenvalue weighted by Crippen LogP contribution is -2.46. The number of nitrogens with one attached hydrogen (secondary N) is 1. The van der Waals surface area contributed by atoms with Crippen LogP contribution in [-0.4, -0.2) is 56.3 Å². The number of halogens is 1. The second-order valence-corrected chi connectivity index (χ2v) is 6.73. The Morgan fingerprint density at radius 3 is 2.57 bits per heavy atom. The van der Waals surface area contributed by atoms with Crippen LogP contribution in [0.5, 0.6) is 0 Å². The normalized spacial score (nSPS) is 18.7. The Morgan fingerprint density at radius 2 is 2.00 bits per heavy atom. The number of hydrogen-bond acceptors (Lipinski definition) is 3. The Bertz CT molecular complexity index is 318. The molecule has 0 aromatic carbocycles. The van der Waals surface area contributed by atoms with Crippen LogP contribution < -0.4 is 11.1 Å². The summed E-state index contributed by atoms with van der Waals surface area (Å²) in [5.41, 5.74) is 5.97. The molecule has 3 N–H and O–H groups in total. The van der Waals surface area contributed by atoms with Crippen LogP contribution in [-0.2, 0) is 4.74 Å². The average Bonchev–Trinajstić information content (AvgIpc) is 2.48. The van der Waals surface area contributed by atoms with Gasteiger partial charge in [-0.3, -0.25) is 9.89 Å². The van der Waals surface area contributed by atoms with E-state index in [4.69, 9.17) is 10.5 Å². The summed E-state index contributed by atoms with van der Waals surface area (Å²) < 4.78 is 5.31. The molecule has 1 aliphatic heterocycles. The molecule has 0 amide bonds. The molecule has 0 radical (unpaired) electrons. The van der Waals surface area contributed by atoms with E-state index in [0.29, 0.717) is 17.9 Å². The van der Waals surface area contributed by atoms with E-state index in [1.54, 1.807) is 0 Å². The Kier molecular flexibility index (Phi) is 13.2. The molecule has 1 rings (SSSR count). The van der Waals surface area contributed by atoms with E-state index in [-0.39, 0.29) is 24.0 Å². The van der Waals surface area contributed by atoms with Crippen LogP contribution in [0.1, 0.15) is 47.0 Å². The molecule has 0 spiro atoms. The molecule has 138 valence electrons. The minimum Gasteiger partial charge on any atom is -0.382 e. The molecule has 1 aliphatic rings. The van der Waals surface area contributed by atoms with Gasteiger partial charge in [-0.05, 0) is 51.1 Å². The molecule has 1 unspecified atom stereocenters. The Hall–Kier alpha value is -0.0800. The van der Waals surface area contributed by atoms with Gasteiger partial charge >= 0.3 is 0 Å². The highest BCUT2D eigenvalue weighted by molar-refractivity contribution is 14.0. The fourth-order valence-electron chi connectivity index (χ4n) is 2.89. The number of aliphatic imine (C=N–C) groups is 1. The van der Waals surface area contributed by atoms with Gasteiger partial charge in [0.2, 0.25) is 0 Å². The summed E-state index contributed by atoms with van der Waals surface area (Å²) in [5.74, 6) is 2.03. The van der Waals surface area contributed by atoms with E-state index in [1.807, 2.05) is 6.92 Å². The molecule has 0 bridgehead atoms. The third-order valence-electron chi connectivity index (χ3n) is 4.48. The van der Waals surface area contributed by atoms with Crippen molar-refractivity contribution in [2.24, 2.45) is 22.6 Å². The summed E-state index contributed by atoms with van der Waals surface area (Å²) in [6.45, 7) is 14.5. The number of nitrogens with zero attached hydrogens (tertiary/aromatic N) is 2. The SMILES string of the molecule is CCOCCCNC(N)=NCC(C(C)C)N1CCC(C)CC1.I. The molecule has 0 aromatic heterocycles. The van der Waals surface area contributed by atoms with Gasteiger partial charge in [-0.25, -0.2) is 0 Å². The molecule has 1 fully saturated rings. The van der Waals surface area contributed by atoms with Crippen molar-refractivity contribution in [2.75, 3.05) is 39.4 Å². The number of rotatable bonds is 9. The molecular formula is C17H37IN4O. The van der Waals surface area contributed by atoms with Crippen molar-refractivity contribution in [3.05, 3.63) is 0 Å². The molecule has 0 saturated carbocycles. The van der Waals surface area contributed by atoms with E-state index < -0.39 is 0 Å². The lowest BCUT2D eigenvalue weighted by Gasteiger charge is -2.38. The van der Waals surface area contributed by atoms with Crippen molar-refractivity contribution < 1.29 is 4.74 Å². The highest BCUT2D eigenvalue weighted by atomic mass is 127. The van der Waals surface area contributed by atoms with Gasteiger partial charge in [0.05, 0.1) is 6.54 Å². The van der Waals surface area contributed by atoms with Crippen LogP contribution in [0.4, 0.5) is 0 Å². The first-order valence-corrected chi connectivity index (χ1v) is 8.90. The predicted molar refractivity (Wildman–Crippen MR) is 110 cm³/mol. The first-order valence-electron chi connectivity index (χ1n) is 8.90. The Morgan fingerprint density at radius 1 is 1.35 bits per heavy atom. The van der Waals surface area contributed by atoms with E-state index in [1.165, 1.54) is 25.9 Å². The van der Waals surface area contributed by atoms with Gasteiger partial charge < -0.3 is 15.8 Å². The molecule has 5 nitrogen and oxygen atoms in total. The zero-order valence-electron chi connectivity index (χ0n) is 15.4. The first kappa shape index (κ1) is 22.9.